The third kappa shape index (κ3) is 3.77. The minimum Gasteiger partial charge on any atom is -0.488 e. The molecule has 0 aliphatic heterocycles. The lowest BCUT2D eigenvalue weighted by atomic mass is 10.2. The van der Waals surface area contributed by atoms with E-state index in [1.54, 1.807) is 30.3 Å². The standard InChI is InChI=1S/C14H10Cl2INO2/c15-10-3-1-9(11(16)6-10)7-20-13-4-2-8(14(18)19)5-12(13)17/h1-6H,7H2,(H2,18,19). The Kier molecular flexibility index (Phi) is 5.12. The summed E-state index contributed by atoms with van der Waals surface area (Å²) < 4.78 is 6.50. The summed E-state index contributed by atoms with van der Waals surface area (Å²) in [6.45, 7) is 0.321. The molecule has 3 nitrogen and oxygen atoms in total. The SMILES string of the molecule is NC(=O)c1ccc(OCc2ccc(Cl)cc2Cl)c(I)c1. The maximum absolute atomic E-state index is 11.1. The van der Waals surface area contributed by atoms with Crippen molar-refractivity contribution < 1.29 is 9.53 Å². The minimum atomic E-state index is -0.463. The molecule has 0 bridgehead atoms. The molecule has 0 spiro atoms. The molecular weight excluding hydrogens is 412 g/mol. The van der Waals surface area contributed by atoms with Gasteiger partial charge in [0.15, 0.2) is 0 Å². The van der Waals surface area contributed by atoms with Crippen LogP contribution in [0.4, 0.5) is 0 Å². The van der Waals surface area contributed by atoms with E-state index in [2.05, 4.69) is 22.6 Å². The smallest absolute Gasteiger partial charge is 0.248 e. The highest BCUT2D eigenvalue weighted by molar-refractivity contribution is 14.1. The molecule has 2 aromatic carbocycles. The van der Waals surface area contributed by atoms with Gasteiger partial charge in [0, 0.05) is 21.2 Å². The number of primary amides is 1. The molecule has 0 aromatic heterocycles. The Bertz CT molecular complexity index is 662. The van der Waals surface area contributed by atoms with Crippen LogP contribution in [0.3, 0.4) is 0 Å². The molecule has 104 valence electrons. The summed E-state index contributed by atoms with van der Waals surface area (Å²) in [7, 11) is 0. The van der Waals surface area contributed by atoms with Crippen molar-refractivity contribution in [1.29, 1.82) is 0 Å². The second kappa shape index (κ2) is 6.65. The predicted octanol–water partition coefficient (Wildman–Crippen LogP) is 4.28. The molecule has 0 unspecified atom stereocenters. The van der Waals surface area contributed by atoms with Gasteiger partial charge in [0.1, 0.15) is 12.4 Å². The number of carbonyl (C=O) groups is 1. The van der Waals surface area contributed by atoms with Crippen LogP contribution in [0, 0.1) is 3.57 Å². The highest BCUT2D eigenvalue weighted by atomic mass is 127. The van der Waals surface area contributed by atoms with Crippen molar-refractivity contribution in [2.24, 2.45) is 5.73 Å². The van der Waals surface area contributed by atoms with Crippen molar-refractivity contribution in [2.45, 2.75) is 6.61 Å². The Morgan fingerprint density at radius 1 is 1.20 bits per heavy atom. The Morgan fingerprint density at radius 3 is 2.55 bits per heavy atom. The van der Waals surface area contributed by atoms with E-state index < -0.39 is 5.91 Å². The average Bonchev–Trinajstić information content (AvgIpc) is 2.38. The highest BCUT2D eigenvalue weighted by Crippen LogP contribution is 2.26. The van der Waals surface area contributed by atoms with Crippen molar-refractivity contribution in [1.82, 2.24) is 0 Å². The van der Waals surface area contributed by atoms with Crippen LogP contribution in [0.15, 0.2) is 36.4 Å². The molecule has 0 aliphatic rings. The average molecular weight is 422 g/mol. The Balaban J connectivity index is 2.13. The van der Waals surface area contributed by atoms with Crippen LogP contribution in [0.25, 0.3) is 0 Å². The van der Waals surface area contributed by atoms with Crippen molar-refractivity contribution in [3.63, 3.8) is 0 Å². The topological polar surface area (TPSA) is 52.3 Å². The van der Waals surface area contributed by atoms with Gasteiger partial charge >= 0.3 is 0 Å². The summed E-state index contributed by atoms with van der Waals surface area (Å²) in [5.74, 6) is 0.205. The lowest BCUT2D eigenvalue weighted by Crippen LogP contribution is -2.11. The van der Waals surface area contributed by atoms with Crippen LogP contribution in [0.2, 0.25) is 10.0 Å². The Hall–Kier alpha value is -0.980. The van der Waals surface area contributed by atoms with Crippen LogP contribution >= 0.6 is 45.8 Å². The zero-order valence-electron chi connectivity index (χ0n) is 10.2. The molecule has 2 N–H and O–H groups in total. The van der Waals surface area contributed by atoms with Gasteiger partial charge in [-0.2, -0.15) is 0 Å². The fraction of sp³-hybridized carbons (Fsp3) is 0.0714. The van der Waals surface area contributed by atoms with Gasteiger partial charge < -0.3 is 10.5 Å². The van der Waals surface area contributed by atoms with Gasteiger partial charge in [-0.3, -0.25) is 4.79 Å². The van der Waals surface area contributed by atoms with E-state index in [0.717, 1.165) is 9.13 Å². The van der Waals surface area contributed by atoms with Crippen LogP contribution in [-0.4, -0.2) is 5.91 Å². The summed E-state index contributed by atoms with van der Waals surface area (Å²) in [5, 5.41) is 1.14. The molecule has 0 aliphatic carbocycles. The van der Waals surface area contributed by atoms with Crippen LogP contribution < -0.4 is 10.5 Å². The minimum absolute atomic E-state index is 0.321. The predicted molar refractivity (Wildman–Crippen MR) is 88.5 cm³/mol. The maximum atomic E-state index is 11.1. The third-order valence-corrected chi connectivity index (χ3v) is 4.04. The largest absolute Gasteiger partial charge is 0.488 e. The lowest BCUT2D eigenvalue weighted by molar-refractivity contribution is 0.1000. The van der Waals surface area contributed by atoms with Gasteiger partial charge in [-0.05, 0) is 52.9 Å². The number of carbonyl (C=O) groups excluding carboxylic acids is 1. The molecule has 0 saturated heterocycles. The number of nitrogens with two attached hydrogens (primary N) is 1. The summed E-state index contributed by atoms with van der Waals surface area (Å²) in [6, 6.07) is 10.3. The fourth-order valence-electron chi connectivity index (χ4n) is 1.57. The monoisotopic (exact) mass is 421 g/mol. The van der Waals surface area contributed by atoms with E-state index >= 15 is 0 Å². The maximum Gasteiger partial charge on any atom is 0.248 e. The summed E-state index contributed by atoms with van der Waals surface area (Å²) in [6.07, 6.45) is 0. The van der Waals surface area contributed by atoms with Gasteiger partial charge in [-0.1, -0.05) is 29.3 Å². The summed E-state index contributed by atoms with van der Waals surface area (Å²) in [4.78, 5) is 11.1. The van der Waals surface area contributed by atoms with Gasteiger partial charge in [0.05, 0.1) is 3.57 Å². The molecule has 1 amide bonds. The second-order valence-electron chi connectivity index (χ2n) is 4.03. The Morgan fingerprint density at radius 2 is 1.95 bits per heavy atom. The summed E-state index contributed by atoms with van der Waals surface area (Å²) >= 11 is 14.0. The molecule has 20 heavy (non-hydrogen) atoms. The van der Waals surface area contributed by atoms with Crippen LogP contribution in [-0.2, 0) is 6.61 Å². The van der Waals surface area contributed by atoms with Crippen molar-refractivity contribution >= 4 is 51.7 Å². The first kappa shape index (κ1) is 15.4. The van der Waals surface area contributed by atoms with E-state index in [1.807, 2.05) is 6.07 Å². The number of ether oxygens (including phenoxy) is 1. The molecule has 0 heterocycles. The van der Waals surface area contributed by atoms with Gasteiger partial charge in [-0.15, -0.1) is 0 Å². The van der Waals surface area contributed by atoms with E-state index in [-0.39, 0.29) is 0 Å². The van der Waals surface area contributed by atoms with Gasteiger partial charge in [-0.25, -0.2) is 0 Å². The Labute approximate surface area is 140 Å². The van der Waals surface area contributed by atoms with Crippen molar-refractivity contribution in [3.05, 3.63) is 61.1 Å². The summed E-state index contributed by atoms with van der Waals surface area (Å²) in [5.41, 5.74) is 6.51. The number of rotatable bonds is 4. The first-order valence-corrected chi connectivity index (χ1v) is 7.47. The number of hydrogen-bond donors (Lipinski definition) is 1. The normalized spacial score (nSPS) is 10.3. The fourth-order valence-corrected chi connectivity index (χ4v) is 2.70. The number of halogens is 3. The third-order valence-electron chi connectivity index (χ3n) is 2.61. The number of benzene rings is 2. The zero-order chi connectivity index (χ0) is 14.7. The molecule has 0 atom stereocenters. The molecule has 0 saturated carbocycles. The van der Waals surface area contributed by atoms with Crippen molar-refractivity contribution in [2.75, 3.05) is 0 Å². The first-order valence-electron chi connectivity index (χ1n) is 5.63. The molecule has 0 radical (unpaired) electrons. The number of hydrogen-bond acceptors (Lipinski definition) is 2. The van der Waals surface area contributed by atoms with Crippen LogP contribution in [0.1, 0.15) is 15.9 Å². The highest BCUT2D eigenvalue weighted by Gasteiger charge is 2.08. The van der Waals surface area contributed by atoms with E-state index in [0.29, 0.717) is 28.0 Å². The molecular formula is C14H10Cl2INO2. The lowest BCUT2D eigenvalue weighted by Gasteiger charge is -2.10. The second-order valence-corrected chi connectivity index (χ2v) is 6.04. The van der Waals surface area contributed by atoms with E-state index in [1.165, 1.54) is 0 Å². The van der Waals surface area contributed by atoms with E-state index in [4.69, 9.17) is 33.7 Å². The van der Waals surface area contributed by atoms with E-state index in [9.17, 15) is 4.79 Å². The van der Waals surface area contributed by atoms with Gasteiger partial charge in [0.2, 0.25) is 5.91 Å². The molecule has 2 aromatic rings. The first-order chi connectivity index (χ1) is 9.47. The molecule has 2 rings (SSSR count). The zero-order valence-corrected chi connectivity index (χ0v) is 13.9. The van der Waals surface area contributed by atoms with Crippen LogP contribution in [0.5, 0.6) is 5.75 Å². The van der Waals surface area contributed by atoms with Gasteiger partial charge in [0.25, 0.3) is 0 Å². The number of amides is 1. The van der Waals surface area contributed by atoms with Crippen molar-refractivity contribution in [3.8, 4) is 5.75 Å². The molecule has 0 fully saturated rings. The molecule has 6 heteroatoms. The quantitative estimate of drug-likeness (QED) is 0.749.